The first-order valence-corrected chi connectivity index (χ1v) is 9.25. The molecule has 4 heteroatoms. The lowest BCUT2D eigenvalue weighted by molar-refractivity contribution is 0.0689. The highest BCUT2D eigenvalue weighted by atomic mass is 16.2. The summed E-state index contributed by atoms with van der Waals surface area (Å²) in [5, 5.41) is 0.917. The SMILES string of the molecule is Cc1nc2ccncc2cc1C(=O)N1CCC(Cc2ccccc2)CC1. The third-order valence-electron chi connectivity index (χ3n) is 5.30. The van der Waals surface area contributed by atoms with Crippen LogP contribution in [0.5, 0.6) is 0 Å². The van der Waals surface area contributed by atoms with Crippen molar-refractivity contribution in [3.63, 3.8) is 0 Å². The van der Waals surface area contributed by atoms with Crippen LogP contribution in [-0.4, -0.2) is 33.9 Å². The molecule has 1 aromatic carbocycles. The highest BCUT2D eigenvalue weighted by Gasteiger charge is 2.25. The van der Waals surface area contributed by atoms with Crippen LogP contribution >= 0.6 is 0 Å². The van der Waals surface area contributed by atoms with Crippen molar-refractivity contribution in [3.05, 3.63) is 71.7 Å². The Kier molecular flexibility index (Phi) is 4.65. The average molecular weight is 345 g/mol. The van der Waals surface area contributed by atoms with Crippen molar-refractivity contribution in [3.8, 4) is 0 Å². The Hall–Kier alpha value is -2.75. The number of nitrogens with zero attached hydrogens (tertiary/aromatic N) is 3. The molecule has 132 valence electrons. The molecule has 0 bridgehead atoms. The van der Waals surface area contributed by atoms with E-state index < -0.39 is 0 Å². The number of fused-ring (bicyclic) bond motifs is 1. The molecular formula is C22H23N3O. The second-order valence-electron chi connectivity index (χ2n) is 7.12. The first kappa shape index (κ1) is 16.7. The van der Waals surface area contributed by atoms with Gasteiger partial charge < -0.3 is 4.90 Å². The molecule has 2 aromatic heterocycles. The minimum Gasteiger partial charge on any atom is -0.339 e. The topological polar surface area (TPSA) is 46.1 Å². The molecule has 3 aromatic rings. The van der Waals surface area contributed by atoms with E-state index in [1.165, 1.54) is 5.56 Å². The first-order valence-electron chi connectivity index (χ1n) is 9.25. The normalized spacial score (nSPS) is 15.3. The fraction of sp³-hybridized carbons (Fsp3) is 0.318. The minimum atomic E-state index is 0.0962. The molecule has 26 heavy (non-hydrogen) atoms. The molecular weight excluding hydrogens is 322 g/mol. The van der Waals surface area contributed by atoms with Gasteiger partial charge in [0.1, 0.15) is 0 Å². The lowest BCUT2D eigenvalue weighted by Gasteiger charge is -2.32. The zero-order chi connectivity index (χ0) is 17.9. The Bertz CT molecular complexity index is 915. The summed E-state index contributed by atoms with van der Waals surface area (Å²) in [4.78, 5) is 23.7. The zero-order valence-corrected chi connectivity index (χ0v) is 15.1. The smallest absolute Gasteiger partial charge is 0.255 e. The second-order valence-corrected chi connectivity index (χ2v) is 7.12. The van der Waals surface area contributed by atoms with Crippen molar-refractivity contribution in [2.45, 2.75) is 26.2 Å². The molecule has 4 nitrogen and oxygen atoms in total. The number of hydrogen-bond acceptors (Lipinski definition) is 3. The van der Waals surface area contributed by atoms with Crippen molar-refractivity contribution in [2.24, 2.45) is 5.92 Å². The molecule has 1 aliphatic rings. The van der Waals surface area contributed by atoms with Gasteiger partial charge in [-0.05, 0) is 49.8 Å². The third kappa shape index (κ3) is 3.45. The lowest BCUT2D eigenvalue weighted by atomic mass is 9.90. The van der Waals surface area contributed by atoms with E-state index in [0.29, 0.717) is 11.5 Å². The van der Waals surface area contributed by atoms with Gasteiger partial charge in [0, 0.05) is 30.9 Å². The van der Waals surface area contributed by atoms with Gasteiger partial charge in [-0.15, -0.1) is 0 Å². The van der Waals surface area contributed by atoms with E-state index in [0.717, 1.165) is 48.9 Å². The number of amides is 1. The standard InChI is InChI=1S/C22H23N3O/c1-16-20(14-19-15-23-10-7-21(19)24-16)22(26)25-11-8-18(9-12-25)13-17-5-3-2-4-6-17/h2-7,10,14-15,18H,8-9,11-13H2,1H3. The monoisotopic (exact) mass is 345 g/mol. The van der Waals surface area contributed by atoms with Gasteiger partial charge in [0.05, 0.1) is 16.8 Å². The highest BCUT2D eigenvalue weighted by Crippen LogP contribution is 2.24. The largest absolute Gasteiger partial charge is 0.339 e. The molecule has 0 saturated carbocycles. The summed E-state index contributed by atoms with van der Waals surface area (Å²) in [6.07, 6.45) is 6.72. The first-order chi connectivity index (χ1) is 12.7. The fourth-order valence-corrected chi connectivity index (χ4v) is 3.79. The molecule has 0 N–H and O–H groups in total. The summed E-state index contributed by atoms with van der Waals surface area (Å²) in [6.45, 7) is 3.55. The van der Waals surface area contributed by atoms with Crippen LogP contribution in [0.15, 0.2) is 54.9 Å². The number of rotatable bonds is 3. The Morgan fingerprint density at radius 3 is 2.69 bits per heavy atom. The Morgan fingerprint density at radius 2 is 1.92 bits per heavy atom. The molecule has 1 amide bonds. The number of likely N-dealkylation sites (tertiary alicyclic amines) is 1. The minimum absolute atomic E-state index is 0.0962. The number of piperidine rings is 1. The Balaban J connectivity index is 1.44. The predicted octanol–water partition coefficient (Wildman–Crippen LogP) is 4.03. The van der Waals surface area contributed by atoms with Gasteiger partial charge in [-0.3, -0.25) is 14.8 Å². The highest BCUT2D eigenvalue weighted by molar-refractivity contribution is 5.98. The molecule has 0 unspecified atom stereocenters. The molecule has 0 aliphatic carbocycles. The summed E-state index contributed by atoms with van der Waals surface area (Å²) in [5.41, 5.74) is 3.77. The van der Waals surface area contributed by atoms with Crippen molar-refractivity contribution < 1.29 is 4.79 Å². The van der Waals surface area contributed by atoms with Crippen molar-refractivity contribution in [1.82, 2.24) is 14.9 Å². The van der Waals surface area contributed by atoms with Gasteiger partial charge in [-0.1, -0.05) is 30.3 Å². The number of carbonyl (C=O) groups excluding carboxylic acids is 1. The molecule has 0 atom stereocenters. The van der Waals surface area contributed by atoms with Crippen LogP contribution in [0.3, 0.4) is 0 Å². The van der Waals surface area contributed by atoms with E-state index in [2.05, 4.69) is 40.3 Å². The average Bonchev–Trinajstić information content (AvgIpc) is 2.68. The number of benzene rings is 1. The van der Waals surface area contributed by atoms with Gasteiger partial charge in [0.25, 0.3) is 5.91 Å². The molecule has 3 heterocycles. The number of aromatic nitrogens is 2. The fourth-order valence-electron chi connectivity index (χ4n) is 3.79. The number of hydrogen-bond donors (Lipinski definition) is 0. The maximum absolute atomic E-state index is 13.0. The van der Waals surface area contributed by atoms with E-state index in [1.807, 2.05) is 24.0 Å². The van der Waals surface area contributed by atoms with Crippen molar-refractivity contribution >= 4 is 16.8 Å². The summed E-state index contributed by atoms with van der Waals surface area (Å²) >= 11 is 0. The quantitative estimate of drug-likeness (QED) is 0.720. The van der Waals surface area contributed by atoms with Gasteiger partial charge in [-0.2, -0.15) is 0 Å². The molecule has 0 radical (unpaired) electrons. The van der Waals surface area contributed by atoms with Crippen LogP contribution in [0, 0.1) is 12.8 Å². The molecule has 1 fully saturated rings. The molecule has 4 rings (SSSR count). The van der Waals surface area contributed by atoms with Crippen LogP contribution in [0.2, 0.25) is 0 Å². The molecule has 1 saturated heterocycles. The Morgan fingerprint density at radius 1 is 1.15 bits per heavy atom. The van der Waals surface area contributed by atoms with Gasteiger partial charge in [0.2, 0.25) is 0 Å². The van der Waals surface area contributed by atoms with Gasteiger partial charge >= 0.3 is 0 Å². The number of aryl methyl sites for hydroxylation is 1. The van der Waals surface area contributed by atoms with Crippen molar-refractivity contribution in [1.29, 1.82) is 0 Å². The number of carbonyl (C=O) groups is 1. The summed E-state index contributed by atoms with van der Waals surface area (Å²) in [5.74, 6) is 0.750. The van der Waals surface area contributed by atoms with Crippen LogP contribution in [-0.2, 0) is 6.42 Å². The zero-order valence-electron chi connectivity index (χ0n) is 15.1. The molecule has 1 aliphatic heterocycles. The van der Waals surface area contributed by atoms with Crippen molar-refractivity contribution in [2.75, 3.05) is 13.1 Å². The summed E-state index contributed by atoms with van der Waals surface area (Å²) in [7, 11) is 0. The van der Waals surface area contributed by atoms with E-state index in [1.54, 1.807) is 12.4 Å². The van der Waals surface area contributed by atoms with Gasteiger partial charge in [0.15, 0.2) is 0 Å². The van der Waals surface area contributed by atoms with Gasteiger partial charge in [-0.25, -0.2) is 0 Å². The van der Waals surface area contributed by atoms with E-state index in [4.69, 9.17) is 0 Å². The second kappa shape index (κ2) is 7.24. The van der Waals surface area contributed by atoms with Crippen LogP contribution in [0.25, 0.3) is 10.9 Å². The summed E-state index contributed by atoms with van der Waals surface area (Å²) in [6, 6.07) is 14.4. The predicted molar refractivity (Wildman–Crippen MR) is 103 cm³/mol. The maximum atomic E-state index is 13.0. The van der Waals surface area contributed by atoms with E-state index >= 15 is 0 Å². The summed E-state index contributed by atoms with van der Waals surface area (Å²) < 4.78 is 0. The third-order valence-corrected chi connectivity index (χ3v) is 5.30. The number of pyridine rings is 2. The Labute approximate surface area is 153 Å². The maximum Gasteiger partial charge on any atom is 0.255 e. The van der Waals surface area contributed by atoms with E-state index in [9.17, 15) is 4.79 Å². The lowest BCUT2D eigenvalue weighted by Crippen LogP contribution is -2.39. The molecule has 0 spiro atoms. The van der Waals surface area contributed by atoms with Crippen LogP contribution in [0.4, 0.5) is 0 Å². The van der Waals surface area contributed by atoms with Crippen LogP contribution < -0.4 is 0 Å². The van der Waals surface area contributed by atoms with E-state index in [-0.39, 0.29) is 5.91 Å². The van der Waals surface area contributed by atoms with Crippen LogP contribution in [0.1, 0.15) is 34.5 Å².